The molecular weight excluding hydrogens is 639 g/mol. The maximum atomic E-state index is 13.5. The number of hydrogen-bond donors (Lipinski definition) is 3. The number of alkyl halides is 3. The van der Waals surface area contributed by atoms with Crippen LogP contribution < -0.4 is 16.4 Å². The van der Waals surface area contributed by atoms with Crippen LogP contribution in [0.15, 0.2) is 84.9 Å². The Bertz CT molecular complexity index is 1660. The first kappa shape index (κ1) is 38.3. The fourth-order valence-electron chi connectivity index (χ4n) is 5.15. The van der Waals surface area contributed by atoms with E-state index in [0.717, 1.165) is 12.1 Å². The van der Waals surface area contributed by atoms with Gasteiger partial charge in [-0.15, -0.1) is 0 Å². The van der Waals surface area contributed by atoms with Crippen molar-refractivity contribution < 1.29 is 41.9 Å². The van der Waals surface area contributed by atoms with Gasteiger partial charge in [0.15, 0.2) is 5.78 Å². The van der Waals surface area contributed by atoms with Crippen LogP contribution in [0.25, 0.3) is 0 Å². The predicted octanol–water partition coefficient (Wildman–Crippen LogP) is 4.34. The first-order valence-corrected chi connectivity index (χ1v) is 15.7. The summed E-state index contributed by atoms with van der Waals surface area (Å²) < 4.78 is 40.1. The number of ketones is 3. The van der Waals surface area contributed by atoms with E-state index < -0.39 is 64.4 Å². The van der Waals surface area contributed by atoms with Crippen molar-refractivity contribution in [2.24, 2.45) is 17.1 Å². The SMILES string of the molecule is CC(NC(=O)[C@@H](CC(=O)Cc1ccccc1)Cc1cccc(C(F)(F)F)c1)C(=O)C(=O)N[C@@H](Cc1ccccc1)C(=O)CC(C)(C)C(N)=O. The largest absolute Gasteiger partial charge is 0.416 e. The molecule has 3 aromatic rings. The van der Waals surface area contributed by atoms with Crippen molar-refractivity contribution in [3.8, 4) is 0 Å². The van der Waals surface area contributed by atoms with Crippen molar-refractivity contribution in [1.29, 1.82) is 0 Å². The van der Waals surface area contributed by atoms with E-state index in [0.29, 0.717) is 11.1 Å². The van der Waals surface area contributed by atoms with Gasteiger partial charge in [-0.3, -0.25) is 28.8 Å². The average molecular weight is 680 g/mol. The first-order chi connectivity index (χ1) is 23.0. The lowest BCUT2D eigenvalue weighted by Crippen LogP contribution is -2.52. The van der Waals surface area contributed by atoms with Gasteiger partial charge in [-0.2, -0.15) is 13.2 Å². The van der Waals surface area contributed by atoms with Crippen LogP contribution in [-0.4, -0.2) is 47.2 Å². The lowest BCUT2D eigenvalue weighted by atomic mass is 9.84. The van der Waals surface area contributed by atoms with E-state index in [1.165, 1.54) is 32.9 Å². The van der Waals surface area contributed by atoms with E-state index in [2.05, 4.69) is 10.6 Å². The van der Waals surface area contributed by atoms with Gasteiger partial charge in [-0.1, -0.05) is 92.7 Å². The molecule has 0 aliphatic carbocycles. The molecule has 0 aliphatic heterocycles. The molecule has 12 heteroatoms. The minimum atomic E-state index is -4.62. The molecule has 0 fully saturated rings. The number of rotatable bonds is 17. The van der Waals surface area contributed by atoms with Crippen LogP contribution in [-0.2, 0) is 54.2 Å². The van der Waals surface area contributed by atoms with Crippen molar-refractivity contribution in [3.63, 3.8) is 0 Å². The summed E-state index contributed by atoms with van der Waals surface area (Å²) in [7, 11) is 0. The van der Waals surface area contributed by atoms with E-state index in [-0.39, 0.29) is 43.5 Å². The van der Waals surface area contributed by atoms with Crippen LogP contribution in [0.3, 0.4) is 0 Å². The molecule has 0 saturated carbocycles. The zero-order valence-corrected chi connectivity index (χ0v) is 27.5. The van der Waals surface area contributed by atoms with E-state index >= 15 is 0 Å². The number of halogens is 3. The highest BCUT2D eigenvalue weighted by atomic mass is 19.4. The van der Waals surface area contributed by atoms with Crippen LogP contribution in [0, 0.1) is 11.3 Å². The second-order valence-electron chi connectivity index (χ2n) is 12.7. The van der Waals surface area contributed by atoms with Crippen molar-refractivity contribution in [2.45, 2.75) is 71.1 Å². The number of primary amides is 1. The van der Waals surface area contributed by atoms with Gasteiger partial charge in [0.2, 0.25) is 17.6 Å². The molecule has 0 spiro atoms. The highest BCUT2D eigenvalue weighted by Crippen LogP contribution is 2.30. The summed E-state index contributed by atoms with van der Waals surface area (Å²) in [6.45, 7) is 4.22. The summed E-state index contributed by atoms with van der Waals surface area (Å²) in [5, 5.41) is 4.86. The Kier molecular flexibility index (Phi) is 13.1. The summed E-state index contributed by atoms with van der Waals surface area (Å²) >= 11 is 0. The fourth-order valence-corrected chi connectivity index (χ4v) is 5.15. The predicted molar refractivity (Wildman–Crippen MR) is 176 cm³/mol. The Morgan fingerprint density at radius 3 is 1.90 bits per heavy atom. The summed E-state index contributed by atoms with van der Waals surface area (Å²) in [5.41, 5.74) is 4.79. The highest BCUT2D eigenvalue weighted by molar-refractivity contribution is 6.38. The third-order valence-electron chi connectivity index (χ3n) is 8.06. The van der Waals surface area contributed by atoms with Gasteiger partial charge in [-0.25, -0.2) is 0 Å². The second kappa shape index (κ2) is 16.8. The molecule has 3 atom stereocenters. The molecular formula is C37H40F3N3O6. The summed E-state index contributed by atoms with van der Waals surface area (Å²) in [6, 6.07) is 19.1. The Labute approximate surface area is 282 Å². The van der Waals surface area contributed by atoms with Crippen LogP contribution in [0.5, 0.6) is 0 Å². The molecule has 49 heavy (non-hydrogen) atoms. The minimum Gasteiger partial charge on any atom is -0.369 e. The van der Waals surface area contributed by atoms with Crippen molar-refractivity contribution in [1.82, 2.24) is 10.6 Å². The molecule has 0 radical (unpaired) electrons. The minimum absolute atomic E-state index is 0.0108. The van der Waals surface area contributed by atoms with E-state index in [9.17, 15) is 41.9 Å². The lowest BCUT2D eigenvalue weighted by molar-refractivity contribution is -0.141. The molecule has 1 unspecified atom stereocenters. The Morgan fingerprint density at radius 2 is 1.33 bits per heavy atom. The number of benzene rings is 3. The maximum absolute atomic E-state index is 13.5. The molecule has 0 aliphatic rings. The van der Waals surface area contributed by atoms with Gasteiger partial charge in [-0.05, 0) is 42.5 Å². The fraction of sp³-hybridized carbons (Fsp3) is 0.351. The average Bonchev–Trinajstić information content (AvgIpc) is 3.04. The topological polar surface area (TPSA) is 152 Å². The molecule has 3 amide bonds. The van der Waals surface area contributed by atoms with Gasteiger partial charge in [0.25, 0.3) is 5.91 Å². The lowest BCUT2D eigenvalue weighted by Gasteiger charge is -2.24. The molecule has 0 aromatic heterocycles. The molecule has 9 nitrogen and oxygen atoms in total. The van der Waals surface area contributed by atoms with Crippen LogP contribution in [0.1, 0.15) is 55.9 Å². The summed E-state index contributed by atoms with van der Waals surface area (Å²) in [5.74, 6) is -5.86. The molecule has 3 rings (SSSR count). The second-order valence-corrected chi connectivity index (χ2v) is 12.7. The molecule has 3 aromatic carbocycles. The normalized spacial score (nSPS) is 13.4. The monoisotopic (exact) mass is 679 g/mol. The van der Waals surface area contributed by atoms with Gasteiger partial charge < -0.3 is 16.4 Å². The highest BCUT2D eigenvalue weighted by Gasteiger charge is 2.35. The molecule has 0 bridgehead atoms. The van der Waals surface area contributed by atoms with Gasteiger partial charge in [0.05, 0.1) is 23.1 Å². The molecule has 0 heterocycles. The van der Waals surface area contributed by atoms with Crippen molar-refractivity contribution >= 4 is 35.1 Å². The van der Waals surface area contributed by atoms with E-state index in [4.69, 9.17) is 5.73 Å². The van der Waals surface area contributed by atoms with Crippen molar-refractivity contribution in [2.75, 3.05) is 0 Å². The third kappa shape index (κ3) is 11.8. The zero-order chi connectivity index (χ0) is 36.4. The Hall–Kier alpha value is -5.13. The Morgan fingerprint density at radius 1 is 0.755 bits per heavy atom. The number of nitrogens with two attached hydrogens (primary N) is 1. The van der Waals surface area contributed by atoms with Gasteiger partial charge >= 0.3 is 6.18 Å². The number of carbonyl (C=O) groups is 6. The molecule has 4 N–H and O–H groups in total. The standard InChI is InChI=1S/C37H40F3N3O6/c1-23(32(46)34(48)43-30(20-25-13-8-5-9-14-25)31(45)22-36(2,3)35(41)49)42-33(47)27(21-29(44)19-24-11-6-4-7-12-24)17-26-15-10-16-28(18-26)37(38,39)40/h4-16,18,23,27,30H,17,19-22H2,1-3H3,(H2,41,49)(H,42,47)(H,43,48)/t23?,27-,30+/m1/s1. The van der Waals surface area contributed by atoms with Crippen LogP contribution in [0.4, 0.5) is 13.2 Å². The first-order valence-electron chi connectivity index (χ1n) is 15.7. The molecule has 0 saturated heterocycles. The molecule has 260 valence electrons. The number of nitrogens with one attached hydrogen (secondary N) is 2. The number of hydrogen-bond acceptors (Lipinski definition) is 6. The van der Waals surface area contributed by atoms with E-state index in [1.807, 2.05) is 0 Å². The van der Waals surface area contributed by atoms with Crippen LogP contribution in [0.2, 0.25) is 0 Å². The smallest absolute Gasteiger partial charge is 0.369 e. The van der Waals surface area contributed by atoms with Crippen molar-refractivity contribution in [3.05, 3.63) is 107 Å². The van der Waals surface area contributed by atoms with Gasteiger partial charge in [0, 0.05) is 25.2 Å². The zero-order valence-electron chi connectivity index (χ0n) is 27.5. The summed E-state index contributed by atoms with van der Waals surface area (Å²) in [6.07, 6.45) is -5.53. The number of amides is 3. The van der Waals surface area contributed by atoms with E-state index in [1.54, 1.807) is 60.7 Å². The Balaban J connectivity index is 1.77. The third-order valence-corrected chi connectivity index (χ3v) is 8.06. The summed E-state index contributed by atoms with van der Waals surface area (Å²) in [4.78, 5) is 77.9. The maximum Gasteiger partial charge on any atom is 0.416 e. The number of carbonyl (C=O) groups excluding carboxylic acids is 6. The van der Waals surface area contributed by atoms with Gasteiger partial charge in [0.1, 0.15) is 5.78 Å². The van der Waals surface area contributed by atoms with Crippen LogP contribution >= 0.6 is 0 Å². The quantitative estimate of drug-likeness (QED) is 0.181. The number of Topliss-reactive ketones (excluding diaryl/α,β-unsaturated/α-hetero) is 3.